The molecule has 1 amide bonds. The zero-order chi connectivity index (χ0) is 18.8. The van der Waals surface area contributed by atoms with Crippen molar-refractivity contribution in [2.45, 2.75) is 32.4 Å². The van der Waals surface area contributed by atoms with Crippen molar-refractivity contribution in [2.24, 2.45) is 4.99 Å². The molecule has 1 aromatic heterocycles. The summed E-state index contributed by atoms with van der Waals surface area (Å²) in [6, 6.07) is 4.28. The molecule has 1 atom stereocenters. The van der Waals surface area contributed by atoms with Gasteiger partial charge < -0.3 is 20.2 Å². The monoisotopic (exact) mass is 361 g/mol. The van der Waals surface area contributed by atoms with Gasteiger partial charge in [0.05, 0.1) is 25.4 Å². The van der Waals surface area contributed by atoms with Gasteiger partial charge in [0.25, 0.3) is 0 Å². The van der Waals surface area contributed by atoms with E-state index in [2.05, 4.69) is 27.2 Å². The standard InChI is InChI=1S/C19H31N5O2/c1-3-24(15-18-5-4-9-23(18)2)19(26)14-21-13-17-11-16(6-7-22-17)12-20-8-10-25/h6-7,11-12,18,21,25H,3-5,8-10,13-15H2,1-2H3/b20-12+. The Morgan fingerprint density at radius 3 is 3.12 bits per heavy atom. The quantitative estimate of drug-likeness (QED) is 0.594. The molecule has 1 aliphatic heterocycles. The highest BCUT2D eigenvalue weighted by atomic mass is 16.3. The Bertz CT molecular complexity index is 593. The number of rotatable bonds is 10. The van der Waals surface area contributed by atoms with Crippen molar-refractivity contribution in [1.82, 2.24) is 20.1 Å². The van der Waals surface area contributed by atoms with Crippen molar-refractivity contribution >= 4 is 12.1 Å². The number of hydrogen-bond donors (Lipinski definition) is 2. The fourth-order valence-electron chi connectivity index (χ4n) is 3.18. The summed E-state index contributed by atoms with van der Waals surface area (Å²) in [5.41, 5.74) is 1.81. The van der Waals surface area contributed by atoms with E-state index in [1.54, 1.807) is 12.4 Å². The van der Waals surface area contributed by atoms with Crippen molar-refractivity contribution < 1.29 is 9.90 Å². The van der Waals surface area contributed by atoms with E-state index in [0.717, 1.165) is 30.9 Å². The van der Waals surface area contributed by atoms with E-state index in [1.807, 2.05) is 24.0 Å². The normalized spacial score (nSPS) is 17.9. The van der Waals surface area contributed by atoms with E-state index >= 15 is 0 Å². The first kappa shape index (κ1) is 20.5. The van der Waals surface area contributed by atoms with Crippen LogP contribution >= 0.6 is 0 Å². The van der Waals surface area contributed by atoms with Gasteiger partial charge in [-0.1, -0.05) is 0 Å². The van der Waals surface area contributed by atoms with Gasteiger partial charge in [0, 0.05) is 38.1 Å². The zero-order valence-electron chi connectivity index (χ0n) is 15.9. The highest BCUT2D eigenvalue weighted by Crippen LogP contribution is 2.15. The Balaban J connectivity index is 1.78. The van der Waals surface area contributed by atoms with Gasteiger partial charge in [0.2, 0.25) is 5.91 Å². The lowest BCUT2D eigenvalue weighted by Gasteiger charge is -2.28. The van der Waals surface area contributed by atoms with Gasteiger partial charge in [0.1, 0.15) is 0 Å². The maximum absolute atomic E-state index is 12.5. The molecule has 1 fully saturated rings. The van der Waals surface area contributed by atoms with Crippen LogP contribution in [0, 0.1) is 0 Å². The number of aliphatic hydroxyl groups excluding tert-OH is 1. The Hall–Kier alpha value is -1.83. The van der Waals surface area contributed by atoms with E-state index in [9.17, 15) is 4.79 Å². The molecule has 0 saturated carbocycles. The third-order valence-electron chi connectivity index (χ3n) is 4.73. The zero-order valence-corrected chi connectivity index (χ0v) is 15.9. The Morgan fingerprint density at radius 2 is 2.42 bits per heavy atom. The summed E-state index contributed by atoms with van der Waals surface area (Å²) < 4.78 is 0. The number of aliphatic hydroxyl groups is 1. The topological polar surface area (TPSA) is 81.1 Å². The molecule has 0 bridgehead atoms. The lowest BCUT2D eigenvalue weighted by atomic mass is 10.2. The number of likely N-dealkylation sites (N-methyl/N-ethyl adjacent to an activating group) is 2. The Morgan fingerprint density at radius 1 is 1.58 bits per heavy atom. The van der Waals surface area contributed by atoms with Crippen molar-refractivity contribution in [3.63, 3.8) is 0 Å². The van der Waals surface area contributed by atoms with Crippen molar-refractivity contribution in [2.75, 3.05) is 46.4 Å². The fraction of sp³-hybridized carbons (Fsp3) is 0.632. The molecule has 0 spiro atoms. The van der Waals surface area contributed by atoms with Crippen molar-refractivity contribution in [1.29, 1.82) is 0 Å². The predicted molar refractivity (Wildman–Crippen MR) is 103 cm³/mol. The number of aliphatic imine (C=N–C) groups is 1. The minimum absolute atomic E-state index is 0.0443. The van der Waals surface area contributed by atoms with Crippen LogP contribution in [-0.2, 0) is 11.3 Å². The summed E-state index contributed by atoms with van der Waals surface area (Å²) in [5, 5.41) is 12.0. The Kier molecular flexibility index (Phi) is 8.67. The average molecular weight is 361 g/mol. The molecule has 1 aliphatic rings. The minimum atomic E-state index is 0.0443. The number of carbonyl (C=O) groups is 1. The van der Waals surface area contributed by atoms with Crippen LogP contribution in [-0.4, -0.2) is 84.4 Å². The molecule has 2 rings (SSSR count). The van der Waals surface area contributed by atoms with Crippen LogP contribution in [0.1, 0.15) is 31.0 Å². The molecule has 0 aromatic carbocycles. The maximum atomic E-state index is 12.5. The number of aromatic nitrogens is 1. The second kappa shape index (κ2) is 11.0. The first-order chi connectivity index (χ1) is 12.6. The lowest BCUT2D eigenvalue weighted by molar-refractivity contribution is -0.130. The number of likely N-dealkylation sites (tertiary alicyclic amines) is 1. The first-order valence-corrected chi connectivity index (χ1v) is 9.38. The smallest absolute Gasteiger partial charge is 0.236 e. The molecule has 0 radical (unpaired) electrons. The molecular formula is C19H31N5O2. The molecule has 1 unspecified atom stereocenters. The van der Waals surface area contributed by atoms with Crippen LogP contribution < -0.4 is 5.32 Å². The van der Waals surface area contributed by atoms with Crippen LogP contribution in [0.25, 0.3) is 0 Å². The highest BCUT2D eigenvalue weighted by Gasteiger charge is 2.24. The van der Waals surface area contributed by atoms with Gasteiger partial charge in [-0.15, -0.1) is 0 Å². The third-order valence-corrected chi connectivity index (χ3v) is 4.73. The summed E-state index contributed by atoms with van der Waals surface area (Å²) in [4.78, 5) is 25.2. The molecule has 2 heterocycles. The van der Waals surface area contributed by atoms with Gasteiger partial charge >= 0.3 is 0 Å². The molecule has 2 N–H and O–H groups in total. The van der Waals surface area contributed by atoms with E-state index in [1.165, 1.54) is 12.8 Å². The summed E-state index contributed by atoms with van der Waals surface area (Å²) >= 11 is 0. The van der Waals surface area contributed by atoms with E-state index in [-0.39, 0.29) is 12.5 Å². The molecule has 26 heavy (non-hydrogen) atoms. The molecule has 7 heteroatoms. The number of nitrogens with zero attached hydrogens (tertiary/aromatic N) is 4. The number of hydrogen-bond acceptors (Lipinski definition) is 6. The number of carbonyl (C=O) groups excluding carboxylic acids is 1. The van der Waals surface area contributed by atoms with Crippen LogP contribution in [0.3, 0.4) is 0 Å². The summed E-state index contributed by atoms with van der Waals surface area (Å²) in [7, 11) is 2.14. The molecule has 1 saturated heterocycles. The van der Waals surface area contributed by atoms with Gasteiger partial charge in [0.15, 0.2) is 0 Å². The largest absolute Gasteiger partial charge is 0.394 e. The SMILES string of the molecule is CCN(CC1CCCN1C)C(=O)CNCc1cc(/C=N/CCO)ccn1. The third kappa shape index (κ3) is 6.48. The van der Waals surface area contributed by atoms with Crippen LogP contribution in [0.15, 0.2) is 23.3 Å². The van der Waals surface area contributed by atoms with E-state index < -0.39 is 0 Å². The molecule has 144 valence electrons. The Labute approximate surface area is 156 Å². The summed E-state index contributed by atoms with van der Waals surface area (Å²) in [6.07, 6.45) is 5.84. The second-order valence-corrected chi connectivity index (χ2v) is 6.65. The van der Waals surface area contributed by atoms with E-state index in [4.69, 9.17) is 5.11 Å². The van der Waals surface area contributed by atoms with E-state index in [0.29, 0.717) is 25.7 Å². The lowest BCUT2D eigenvalue weighted by Crippen LogP contribution is -2.44. The number of amides is 1. The van der Waals surface area contributed by atoms with Crippen molar-refractivity contribution in [3.05, 3.63) is 29.6 Å². The maximum Gasteiger partial charge on any atom is 0.236 e. The van der Waals surface area contributed by atoms with Crippen LogP contribution in [0.2, 0.25) is 0 Å². The minimum Gasteiger partial charge on any atom is -0.394 e. The number of nitrogens with one attached hydrogen (secondary N) is 1. The van der Waals surface area contributed by atoms with Crippen LogP contribution in [0.5, 0.6) is 0 Å². The van der Waals surface area contributed by atoms with Gasteiger partial charge in [-0.25, -0.2) is 0 Å². The molecular weight excluding hydrogens is 330 g/mol. The number of pyridine rings is 1. The van der Waals surface area contributed by atoms with Crippen molar-refractivity contribution in [3.8, 4) is 0 Å². The summed E-state index contributed by atoms with van der Waals surface area (Å²) in [6.45, 7) is 5.99. The van der Waals surface area contributed by atoms with Gasteiger partial charge in [-0.05, 0) is 51.1 Å². The van der Waals surface area contributed by atoms with Gasteiger partial charge in [-0.2, -0.15) is 0 Å². The predicted octanol–water partition coefficient (Wildman–Crippen LogP) is 0.525. The highest BCUT2D eigenvalue weighted by molar-refractivity contribution is 5.79. The fourth-order valence-corrected chi connectivity index (χ4v) is 3.18. The van der Waals surface area contributed by atoms with Gasteiger partial charge in [-0.3, -0.25) is 14.8 Å². The first-order valence-electron chi connectivity index (χ1n) is 9.38. The molecule has 1 aromatic rings. The van der Waals surface area contributed by atoms with Crippen LogP contribution in [0.4, 0.5) is 0 Å². The molecule has 7 nitrogen and oxygen atoms in total. The second-order valence-electron chi connectivity index (χ2n) is 6.65. The summed E-state index contributed by atoms with van der Waals surface area (Å²) in [5.74, 6) is 0.133. The molecule has 0 aliphatic carbocycles. The average Bonchev–Trinajstić information content (AvgIpc) is 3.05.